The molecule has 134 valence electrons. The van der Waals surface area contributed by atoms with Crippen LogP contribution in [0.25, 0.3) is 10.9 Å². The van der Waals surface area contributed by atoms with Crippen LogP contribution in [0, 0.1) is 0 Å². The van der Waals surface area contributed by atoms with Crippen LogP contribution in [0.4, 0.5) is 17.5 Å². The van der Waals surface area contributed by atoms with Crippen LogP contribution in [0.1, 0.15) is 13.3 Å². The van der Waals surface area contributed by atoms with Crippen molar-refractivity contribution in [2.75, 3.05) is 24.0 Å². The molecule has 4 rings (SSSR count). The Kier molecular flexibility index (Phi) is 4.45. The zero-order valence-electron chi connectivity index (χ0n) is 14.4. The van der Waals surface area contributed by atoms with Gasteiger partial charge >= 0.3 is 0 Å². The SMILES string of the molecule is CCC(CO)Nc1nc(Nc2ccc3c(c2)OCO3)nc2ccccc12. The number of para-hydroxylation sites is 1. The van der Waals surface area contributed by atoms with Crippen molar-refractivity contribution >= 4 is 28.4 Å². The Bertz CT molecular complexity index is 928. The summed E-state index contributed by atoms with van der Waals surface area (Å²) in [5.41, 5.74) is 1.63. The molecule has 0 aliphatic carbocycles. The lowest BCUT2D eigenvalue weighted by Gasteiger charge is -2.17. The molecule has 2 aromatic carbocycles. The number of anilines is 3. The zero-order valence-corrected chi connectivity index (χ0v) is 14.4. The lowest BCUT2D eigenvalue weighted by atomic mass is 10.2. The van der Waals surface area contributed by atoms with Gasteiger partial charge in [-0.05, 0) is 30.7 Å². The number of benzene rings is 2. The van der Waals surface area contributed by atoms with Crippen molar-refractivity contribution in [3.63, 3.8) is 0 Å². The first-order chi connectivity index (χ1) is 12.8. The van der Waals surface area contributed by atoms with Crippen molar-refractivity contribution in [2.24, 2.45) is 0 Å². The highest BCUT2D eigenvalue weighted by Crippen LogP contribution is 2.35. The quantitative estimate of drug-likeness (QED) is 0.627. The van der Waals surface area contributed by atoms with Gasteiger partial charge in [0, 0.05) is 17.1 Å². The molecule has 3 N–H and O–H groups in total. The minimum atomic E-state index is -0.0632. The second-order valence-corrected chi connectivity index (χ2v) is 6.04. The van der Waals surface area contributed by atoms with E-state index in [0.29, 0.717) is 17.5 Å². The van der Waals surface area contributed by atoms with Gasteiger partial charge in [0.1, 0.15) is 5.82 Å². The lowest BCUT2D eigenvalue weighted by molar-refractivity contribution is 0.174. The average molecular weight is 352 g/mol. The summed E-state index contributed by atoms with van der Waals surface area (Å²) < 4.78 is 10.7. The molecule has 1 unspecified atom stereocenters. The van der Waals surface area contributed by atoms with E-state index >= 15 is 0 Å². The van der Waals surface area contributed by atoms with Crippen molar-refractivity contribution in [3.05, 3.63) is 42.5 Å². The second kappa shape index (κ2) is 7.05. The summed E-state index contributed by atoms with van der Waals surface area (Å²) in [6.07, 6.45) is 0.791. The Morgan fingerprint density at radius 1 is 1.12 bits per heavy atom. The third kappa shape index (κ3) is 3.21. The summed E-state index contributed by atoms with van der Waals surface area (Å²) in [5.74, 6) is 2.59. The number of aromatic nitrogens is 2. The largest absolute Gasteiger partial charge is 0.454 e. The minimum absolute atomic E-state index is 0.0414. The molecule has 0 spiro atoms. The van der Waals surface area contributed by atoms with Crippen LogP contribution in [-0.2, 0) is 0 Å². The maximum Gasteiger partial charge on any atom is 0.231 e. The van der Waals surface area contributed by atoms with Gasteiger partial charge in [-0.1, -0.05) is 19.1 Å². The topological polar surface area (TPSA) is 88.5 Å². The van der Waals surface area contributed by atoms with Crippen molar-refractivity contribution in [3.8, 4) is 11.5 Å². The van der Waals surface area contributed by atoms with Gasteiger partial charge < -0.3 is 25.2 Å². The van der Waals surface area contributed by atoms with Gasteiger partial charge in [-0.25, -0.2) is 4.98 Å². The maximum atomic E-state index is 9.51. The van der Waals surface area contributed by atoms with Crippen LogP contribution in [0.5, 0.6) is 11.5 Å². The van der Waals surface area contributed by atoms with Crippen molar-refractivity contribution in [1.29, 1.82) is 0 Å². The number of hydrogen-bond donors (Lipinski definition) is 3. The Balaban J connectivity index is 1.68. The summed E-state index contributed by atoms with van der Waals surface area (Å²) in [4.78, 5) is 9.20. The van der Waals surface area contributed by atoms with Crippen LogP contribution < -0.4 is 20.1 Å². The number of hydrogen-bond acceptors (Lipinski definition) is 7. The molecule has 0 saturated carbocycles. The molecule has 1 aliphatic rings. The maximum absolute atomic E-state index is 9.51. The van der Waals surface area contributed by atoms with Gasteiger partial charge in [0.05, 0.1) is 18.2 Å². The second-order valence-electron chi connectivity index (χ2n) is 6.04. The van der Waals surface area contributed by atoms with Gasteiger partial charge in [0.15, 0.2) is 11.5 Å². The first-order valence-electron chi connectivity index (χ1n) is 8.57. The predicted molar refractivity (Wildman–Crippen MR) is 100 cm³/mol. The molecule has 1 aliphatic heterocycles. The highest BCUT2D eigenvalue weighted by molar-refractivity contribution is 5.90. The predicted octanol–water partition coefficient (Wildman–Crippen LogP) is 3.28. The van der Waals surface area contributed by atoms with Crippen molar-refractivity contribution in [1.82, 2.24) is 9.97 Å². The first-order valence-corrected chi connectivity index (χ1v) is 8.57. The number of aliphatic hydroxyl groups excluding tert-OH is 1. The molecule has 7 heteroatoms. The average Bonchev–Trinajstić information content (AvgIpc) is 3.13. The molecule has 1 atom stereocenters. The number of rotatable bonds is 6. The zero-order chi connectivity index (χ0) is 17.9. The van der Waals surface area contributed by atoms with Crippen molar-refractivity contribution < 1.29 is 14.6 Å². The van der Waals surface area contributed by atoms with E-state index in [0.717, 1.165) is 28.8 Å². The van der Waals surface area contributed by atoms with E-state index in [1.54, 1.807) is 0 Å². The minimum Gasteiger partial charge on any atom is -0.454 e. The summed E-state index contributed by atoms with van der Waals surface area (Å²) in [6.45, 7) is 2.29. The molecule has 0 bridgehead atoms. The summed E-state index contributed by atoms with van der Waals surface area (Å²) >= 11 is 0. The van der Waals surface area contributed by atoms with Gasteiger partial charge in [0.2, 0.25) is 12.7 Å². The van der Waals surface area contributed by atoms with Crippen molar-refractivity contribution in [2.45, 2.75) is 19.4 Å². The highest BCUT2D eigenvalue weighted by atomic mass is 16.7. The number of ether oxygens (including phenoxy) is 2. The van der Waals surface area contributed by atoms with E-state index in [-0.39, 0.29) is 19.4 Å². The molecule has 2 heterocycles. The Morgan fingerprint density at radius 2 is 1.96 bits per heavy atom. The Hall–Kier alpha value is -3.06. The molecule has 26 heavy (non-hydrogen) atoms. The van der Waals surface area contributed by atoms with Crippen LogP contribution in [-0.4, -0.2) is 34.5 Å². The van der Waals surface area contributed by atoms with E-state index in [1.807, 2.05) is 49.4 Å². The third-order valence-corrected chi connectivity index (χ3v) is 4.29. The summed E-state index contributed by atoms with van der Waals surface area (Å²) in [5, 5.41) is 16.9. The van der Waals surface area contributed by atoms with Crippen LogP contribution in [0.2, 0.25) is 0 Å². The Morgan fingerprint density at radius 3 is 2.81 bits per heavy atom. The molecular formula is C19H20N4O3. The van der Waals surface area contributed by atoms with Gasteiger partial charge in [-0.2, -0.15) is 4.98 Å². The van der Waals surface area contributed by atoms with E-state index in [4.69, 9.17) is 9.47 Å². The molecule has 0 fully saturated rings. The number of fused-ring (bicyclic) bond motifs is 2. The standard InChI is InChI=1S/C19H20N4O3/c1-2-12(10-24)20-18-14-5-3-4-6-15(14)22-19(23-18)21-13-7-8-16-17(9-13)26-11-25-16/h3-9,12,24H,2,10-11H2,1H3,(H2,20,21,22,23). The molecule has 1 aromatic heterocycles. The van der Waals surface area contributed by atoms with Crippen LogP contribution >= 0.6 is 0 Å². The monoisotopic (exact) mass is 352 g/mol. The fourth-order valence-electron chi connectivity index (χ4n) is 2.82. The number of nitrogens with zero attached hydrogens (tertiary/aromatic N) is 2. The van der Waals surface area contributed by atoms with Gasteiger partial charge in [0.25, 0.3) is 0 Å². The third-order valence-electron chi connectivity index (χ3n) is 4.29. The van der Waals surface area contributed by atoms with Gasteiger partial charge in [-0.3, -0.25) is 0 Å². The van der Waals surface area contributed by atoms with E-state index in [1.165, 1.54) is 0 Å². The highest BCUT2D eigenvalue weighted by Gasteiger charge is 2.15. The number of nitrogens with one attached hydrogen (secondary N) is 2. The molecule has 0 amide bonds. The van der Waals surface area contributed by atoms with Gasteiger partial charge in [-0.15, -0.1) is 0 Å². The molecule has 0 saturated heterocycles. The van der Waals surface area contributed by atoms with Crippen LogP contribution in [0.15, 0.2) is 42.5 Å². The fraction of sp³-hybridized carbons (Fsp3) is 0.263. The van der Waals surface area contributed by atoms with E-state index in [2.05, 4.69) is 20.6 Å². The molecule has 3 aromatic rings. The summed E-state index contributed by atoms with van der Waals surface area (Å²) in [7, 11) is 0. The van der Waals surface area contributed by atoms with E-state index in [9.17, 15) is 5.11 Å². The fourth-order valence-corrected chi connectivity index (χ4v) is 2.82. The smallest absolute Gasteiger partial charge is 0.231 e. The number of aliphatic hydroxyl groups is 1. The molecule has 7 nitrogen and oxygen atoms in total. The first kappa shape index (κ1) is 16.4. The lowest BCUT2D eigenvalue weighted by Crippen LogP contribution is -2.23. The summed E-state index contributed by atoms with van der Waals surface area (Å²) in [6, 6.07) is 13.3. The van der Waals surface area contributed by atoms with Crippen LogP contribution in [0.3, 0.4) is 0 Å². The molecular weight excluding hydrogens is 332 g/mol. The van der Waals surface area contributed by atoms with E-state index < -0.39 is 0 Å². The molecule has 0 radical (unpaired) electrons. The normalized spacial score (nSPS) is 13.6. The Labute approximate surface area is 151 Å².